The van der Waals surface area contributed by atoms with E-state index < -0.39 is 5.25 Å². The van der Waals surface area contributed by atoms with Crippen LogP contribution in [0.4, 0.5) is 14.5 Å². The lowest BCUT2D eigenvalue weighted by molar-refractivity contribution is -0.115. The van der Waals surface area contributed by atoms with Crippen molar-refractivity contribution in [3.05, 3.63) is 90.5 Å². The van der Waals surface area contributed by atoms with Gasteiger partial charge in [0, 0.05) is 16.9 Å². The molecule has 0 spiro atoms. The Kier molecular flexibility index (Phi) is 6.08. The summed E-state index contributed by atoms with van der Waals surface area (Å²) in [6, 6.07) is 20.9. The van der Waals surface area contributed by atoms with Crippen molar-refractivity contribution in [2.45, 2.75) is 17.3 Å². The third-order valence-corrected chi connectivity index (χ3v) is 5.56. The van der Waals surface area contributed by atoms with Crippen LogP contribution in [0.3, 0.4) is 0 Å². The number of anilines is 1. The first-order valence-corrected chi connectivity index (χ1v) is 10.4. The van der Waals surface area contributed by atoms with Crippen LogP contribution >= 0.6 is 11.8 Å². The molecule has 0 bridgehead atoms. The molecule has 1 N–H and O–H groups in total. The molecule has 31 heavy (non-hydrogen) atoms. The summed E-state index contributed by atoms with van der Waals surface area (Å²) in [5.74, 6) is -0.458. The third kappa shape index (κ3) is 4.80. The van der Waals surface area contributed by atoms with Crippen LogP contribution < -0.4 is 5.32 Å². The number of aromatic nitrogens is 3. The molecule has 156 valence electrons. The van der Waals surface area contributed by atoms with Crippen molar-refractivity contribution in [1.82, 2.24) is 14.8 Å². The minimum atomic E-state index is -0.482. The molecule has 0 saturated heterocycles. The zero-order valence-corrected chi connectivity index (χ0v) is 17.3. The van der Waals surface area contributed by atoms with E-state index in [1.807, 2.05) is 30.3 Å². The number of benzene rings is 3. The third-order valence-electron chi connectivity index (χ3n) is 4.51. The lowest BCUT2D eigenvalue weighted by Crippen LogP contribution is -2.22. The predicted octanol–water partition coefficient (Wildman–Crippen LogP) is 5.33. The Labute approximate surface area is 182 Å². The molecule has 0 aliphatic rings. The van der Waals surface area contributed by atoms with Crippen LogP contribution in [0.25, 0.3) is 17.1 Å². The first kappa shape index (κ1) is 20.7. The van der Waals surface area contributed by atoms with Crippen molar-refractivity contribution in [2.75, 3.05) is 5.32 Å². The van der Waals surface area contributed by atoms with Gasteiger partial charge in [-0.3, -0.25) is 9.36 Å². The molecule has 0 aliphatic heterocycles. The van der Waals surface area contributed by atoms with E-state index >= 15 is 0 Å². The van der Waals surface area contributed by atoms with Crippen LogP contribution in [0.15, 0.2) is 84.0 Å². The lowest BCUT2D eigenvalue weighted by atomic mass is 10.2. The molecule has 1 unspecified atom stereocenters. The Balaban J connectivity index is 1.66. The molecule has 0 fully saturated rings. The summed E-state index contributed by atoms with van der Waals surface area (Å²) in [5, 5.41) is 11.4. The number of carbonyl (C=O) groups excluding carboxylic acids is 1. The van der Waals surface area contributed by atoms with Crippen molar-refractivity contribution >= 4 is 23.4 Å². The van der Waals surface area contributed by atoms with E-state index in [9.17, 15) is 13.6 Å². The van der Waals surface area contributed by atoms with E-state index in [-0.39, 0.29) is 17.5 Å². The van der Waals surface area contributed by atoms with Gasteiger partial charge in [-0.05, 0) is 67.6 Å². The van der Waals surface area contributed by atoms with Crippen LogP contribution in [0.5, 0.6) is 0 Å². The van der Waals surface area contributed by atoms with Gasteiger partial charge < -0.3 is 5.32 Å². The van der Waals surface area contributed by atoms with Crippen LogP contribution in [0.1, 0.15) is 6.92 Å². The number of nitrogens with one attached hydrogen (secondary N) is 1. The molecule has 8 heteroatoms. The maximum absolute atomic E-state index is 13.5. The van der Waals surface area contributed by atoms with Gasteiger partial charge >= 0.3 is 0 Å². The smallest absolute Gasteiger partial charge is 0.237 e. The Morgan fingerprint density at radius 1 is 0.903 bits per heavy atom. The van der Waals surface area contributed by atoms with Gasteiger partial charge in [0.15, 0.2) is 11.0 Å². The highest BCUT2D eigenvalue weighted by atomic mass is 32.2. The molecule has 0 radical (unpaired) electrons. The van der Waals surface area contributed by atoms with Gasteiger partial charge in [-0.1, -0.05) is 30.0 Å². The van der Waals surface area contributed by atoms with Crippen LogP contribution in [-0.4, -0.2) is 25.9 Å². The normalized spacial score (nSPS) is 11.8. The number of para-hydroxylation sites is 1. The fraction of sp³-hybridized carbons (Fsp3) is 0.0870. The van der Waals surface area contributed by atoms with Gasteiger partial charge in [0.1, 0.15) is 11.6 Å². The number of carbonyl (C=O) groups is 1. The summed E-state index contributed by atoms with van der Waals surface area (Å²) in [4.78, 5) is 12.6. The van der Waals surface area contributed by atoms with Gasteiger partial charge in [-0.25, -0.2) is 8.78 Å². The number of thioether (sulfide) groups is 1. The number of hydrogen-bond donors (Lipinski definition) is 1. The molecule has 1 heterocycles. The molecular formula is C23H18F2N4OS. The first-order chi connectivity index (χ1) is 15.0. The second kappa shape index (κ2) is 9.09. The van der Waals surface area contributed by atoms with E-state index in [2.05, 4.69) is 15.5 Å². The lowest BCUT2D eigenvalue weighted by Gasteiger charge is -2.14. The Morgan fingerprint density at radius 3 is 2.16 bits per heavy atom. The van der Waals surface area contributed by atoms with Crippen molar-refractivity contribution in [3.63, 3.8) is 0 Å². The monoisotopic (exact) mass is 436 g/mol. The highest BCUT2D eigenvalue weighted by Gasteiger charge is 2.22. The number of nitrogens with zero attached hydrogens (tertiary/aromatic N) is 3. The van der Waals surface area contributed by atoms with E-state index in [1.54, 1.807) is 35.8 Å². The van der Waals surface area contributed by atoms with Gasteiger partial charge in [0.05, 0.1) is 5.25 Å². The molecule has 4 aromatic rings. The van der Waals surface area contributed by atoms with Gasteiger partial charge in [-0.2, -0.15) is 0 Å². The second-order valence-corrected chi connectivity index (χ2v) is 8.05. The summed E-state index contributed by atoms with van der Waals surface area (Å²) in [6.07, 6.45) is 0. The summed E-state index contributed by atoms with van der Waals surface area (Å²) in [7, 11) is 0. The second-order valence-electron chi connectivity index (χ2n) is 6.74. The van der Waals surface area contributed by atoms with Gasteiger partial charge in [0.25, 0.3) is 0 Å². The van der Waals surface area contributed by atoms with E-state index in [0.29, 0.717) is 27.9 Å². The van der Waals surface area contributed by atoms with Crippen molar-refractivity contribution < 1.29 is 13.6 Å². The zero-order valence-electron chi connectivity index (χ0n) is 16.5. The largest absolute Gasteiger partial charge is 0.325 e. The fourth-order valence-electron chi connectivity index (χ4n) is 2.93. The quantitative estimate of drug-likeness (QED) is 0.415. The summed E-state index contributed by atoms with van der Waals surface area (Å²) in [6.45, 7) is 1.77. The summed E-state index contributed by atoms with van der Waals surface area (Å²) in [5.41, 5.74) is 1.97. The summed E-state index contributed by atoms with van der Waals surface area (Å²) >= 11 is 1.22. The molecule has 1 atom stereocenters. The SMILES string of the molecule is CC(Sc1nnc(-c2ccc(F)cc2)n1-c1ccc(F)cc1)C(=O)Nc1ccccc1. The van der Waals surface area contributed by atoms with E-state index in [4.69, 9.17) is 0 Å². The molecule has 1 aromatic heterocycles. The maximum Gasteiger partial charge on any atom is 0.237 e. The highest BCUT2D eigenvalue weighted by molar-refractivity contribution is 8.00. The molecule has 3 aromatic carbocycles. The number of rotatable bonds is 6. The molecule has 5 nitrogen and oxygen atoms in total. The number of amides is 1. The van der Waals surface area contributed by atoms with Crippen molar-refractivity contribution in [3.8, 4) is 17.1 Å². The molecule has 1 amide bonds. The minimum Gasteiger partial charge on any atom is -0.325 e. The zero-order chi connectivity index (χ0) is 21.8. The predicted molar refractivity (Wildman–Crippen MR) is 117 cm³/mol. The maximum atomic E-state index is 13.5. The van der Waals surface area contributed by atoms with Crippen molar-refractivity contribution in [1.29, 1.82) is 0 Å². The highest BCUT2D eigenvalue weighted by Crippen LogP contribution is 2.30. The average molecular weight is 436 g/mol. The Morgan fingerprint density at radius 2 is 1.52 bits per heavy atom. The number of hydrogen-bond acceptors (Lipinski definition) is 4. The van der Waals surface area contributed by atoms with Crippen LogP contribution in [0, 0.1) is 11.6 Å². The number of halogens is 2. The van der Waals surface area contributed by atoms with Crippen molar-refractivity contribution in [2.24, 2.45) is 0 Å². The molecule has 4 rings (SSSR count). The van der Waals surface area contributed by atoms with Gasteiger partial charge in [0.2, 0.25) is 5.91 Å². The van der Waals surface area contributed by atoms with Crippen LogP contribution in [-0.2, 0) is 4.79 Å². The van der Waals surface area contributed by atoms with Gasteiger partial charge in [-0.15, -0.1) is 10.2 Å². The Hall–Kier alpha value is -3.52. The van der Waals surface area contributed by atoms with E-state index in [0.717, 1.165) is 0 Å². The Bertz CT molecular complexity index is 1180. The average Bonchev–Trinajstić information content (AvgIpc) is 3.19. The first-order valence-electron chi connectivity index (χ1n) is 9.51. The topological polar surface area (TPSA) is 59.8 Å². The fourth-order valence-corrected chi connectivity index (χ4v) is 3.80. The molecule has 0 aliphatic carbocycles. The van der Waals surface area contributed by atoms with E-state index in [1.165, 1.54) is 36.0 Å². The molecule has 0 saturated carbocycles. The standard InChI is InChI=1S/C23H18F2N4OS/c1-15(22(30)26-19-5-3-2-4-6-19)31-23-28-27-21(16-7-9-17(24)10-8-16)29(23)20-13-11-18(25)12-14-20/h2-15H,1H3,(H,26,30). The molecular weight excluding hydrogens is 418 g/mol. The van der Waals surface area contributed by atoms with Crippen LogP contribution in [0.2, 0.25) is 0 Å². The minimum absolute atomic E-state index is 0.187. The summed E-state index contributed by atoms with van der Waals surface area (Å²) < 4.78 is 28.6.